The maximum absolute atomic E-state index is 11.7. The minimum atomic E-state index is -0.695. The molecular formula is C14H12ClN3O5S. The van der Waals surface area contributed by atoms with Gasteiger partial charge in [0.15, 0.2) is 11.7 Å². The van der Waals surface area contributed by atoms with Gasteiger partial charge in [-0.2, -0.15) is 0 Å². The van der Waals surface area contributed by atoms with Crippen molar-refractivity contribution in [2.75, 3.05) is 19.0 Å². The molecule has 8 nitrogen and oxygen atoms in total. The van der Waals surface area contributed by atoms with Crippen molar-refractivity contribution in [1.29, 1.82) is 0 Å². The number of methoxy groups -OCH3 is 1. The Hall–Kier alpha value is -2.52. The molecule has 0 spiro atoms. The molecule has 0 saturated carbocycles. The maximum atomic E-state index is 11.7. The van der Waals surface area contributed by atoms with Crippen LogP contribution >= 0.6 is 22.9 Å². The van der Waals surface area contributed by atoms with Crippen molar-refractivity contribution in [3.63, 3.8) is 0 Å². The molecule has 0 bridgehead atoms. The van der Waals surface area contributed by atoms with E-state index in [2.05, 4.69) is 20.0 Å². The second kappa shape index (κ2) is 8.37. The van der Waals surface area contributed by atoms with Gasteiger partial charge in [0, 0.05) is 11.6 Å². The van der Waals surface area contributed by atoms with Gasteiger partial charge in [-0.1, -0.05) is 11.6 Å². The number of pyridine rings is 1. The topological polar surface area (TPSA) is 107 Å². The van der Waals surface area contributed by atoms with Gasteiger partial charge in [0.25, 0.3) is 5.91 Å². The summed E-state index contributed by atoms with van der Waals surface area (Å²) in [6.07, 6.45) is 1.27. The average molecular weight is 370 g/mol. The number of carbonyl (C=O) groups is 3. The van der Waals surface area contributed by atoms with Gasteiger partial charge in [0.2, 0.25) is 0 Å². The van der Waals surface area contributed by atoms with Crippen molar-refractivity contribution >= 4 is 45.9 Å². The number of carbonyl (C=O) groups excluding carboxylic acids is 3. The molecule has 10 heteroatoms. The van der Waals surface area contributed by atoms with Crippen molar-refractivity contribution in [3.05, 3.63) is 40.1 Å². The Kier molecular flexibility index (Phi) is 6.21. The summed E-state index contributed by atoms with van der Waals surface area (Å²) in [6, 6.07) is 2.88. The smallest absolute Gasteiger partial charge is 0.340 e. The molecule has 0 unspecified atom stereocenters. The van der Waals surface area contributed by atoms with Crippen LogP contribution in [0.25, 0.3) is 0 Å². The molecular weight excluding hydrogens is 358 g/mol. The fourth-order valence-electron chi connectivity index (χ4n) is 1.53. The Bertz CT molecular complexity index is 747. The molecule has 2 aromatic rings. The number of esters is 2. The van der Waals surface area contributed by atoms with E-state index in [0.717, 1.165) is 11.3 Å². The number of amides is 1. The highest BCUT2D eigenvalue weighted by molar-refractivity contribution is 7.13. The lowest BCUT2D eigenvalue weighted by Crippen LogP contribution is -2.21. The van der Waals surface area contributed by atoms with Crippen molar-refractivity contribution in [2.24, 2.45) is 0 Å². The Morgan fingerprint density at radius 1 is 1.33 bits per heavy atom. The molecule has 0 aliphatic carbocycles. The number of hydrogen-bond acceptors (Lipinski definition) is 8. The van der Waals surface area contributed by atoms with Gasteiger partial charge >= 0.3 is 11.9 Å². The Balaban J connectivity index is 1.82. The first-order valence-electron chi connectivity index (χ1n) is 6.57. The second-order valence-corrected chi connectivity index (χ2v) is 5.64. The summed E-state index contributed by atoms with van der Waals surface area (Å²) in [5.74, 6) is -1.67. The first-order valence-corrected chi connectivity index (χ1v) is 7.83. The number of nitrogens with zero attached hydrogens (tertiary/aromatic N) is 2. The number of aromatic nitrogens is 2. The van der Waals surface area contributed by atoms with Crippen LogP contribution in [0.2, 0.25) is 5.15 Å². The van der Waals surface area contributed by atoms with Gasteiger partial charge in [0.05, 0.1) is 24.8 Å². The average Bonchev–Trinajstić information content (AvgIpc) is 3.00. The summed E-state index contributed by atoms with van der Waals surface area (Å²) in [6.45, 7) is -0.479. The molecule has 24 heavy (non-hydrogen) atoms. The maximum Gasteiger partial charge on any atom is 0.340 e. The molecule has 2 rings (SSSR count). The zero-order chi connectivity index (χ0) is 17.5. The van der Waals surface area contributed by atoms with Crippen LogP contribution in [0.15, 0.2) is 23.7 Å². The normalized spacial score (nSPS) is 10.1. The fourth-order valence-corrected chi connectivity index (χ4v) is 2.37. The van der Waals surface area contributed by atoms with Crippen LogP contribution in [0.1, 0.15) is 16.1 Å². The molecule has 0 atom stereocenters. The quantitative estimate of drug-likeness (QED) is 0.609. The number of ether oxygens (including phenoxy) is 2. The third-order valence-electron chi connectivity index (χ3n) is 2.65. The first kappa shape index (κ1) is 17.8. The van der Waals surface area contributed by atoms with Gasteiger partial charge in [-0.3, -0.25) is 14.9 Å². The molecule has 0 radical (unpaired) electrons. The van der Waals surface area contributed by atoms with E-state index in [1.165, 1.54) is 25.4 Å². The zero-order valence-electron chi connectivity index (χ0n) is 12.4. The molecule has 0 aliphatic rings. The van der Waals surface area contributed by atoms with Crippen LogP contribution in [-0.2, 0) is 25.5 Å². The highest BCUT2D eigenvalue weighted by Crippen LogP contribution is 2.16. The van der Waals surface area contributed by atoms with Crippen molar-refractivity contribution in [1.82, 2.24) is 9.97 Å². The van der Waals surface area contributed by atoms with Gasteiger partial charge in [0.1, 0.15) is 5.15 Å². The highest BCUT2D eigenvalue weighted by atomic mass is 35.5. The van der Waals surface area contributed by atoms with E-state index in [9.17, 15) is 14.4 Å². The Morgan fingerprint density at radius 2 is 2.12 bits per heavy atom. The lowest BCUT2D eigenvalue weighted by atomic mass is 10.3. The van der Waals surface area contributed by atoms with Crippen LogP contribution in [0.3, 0.4) is 0 Å². The summed E-state index contributed by atoms with van der Waals surface area (Å²) in [5, 5.41) is 4.64. The summed E-state index contributed by atoms with van der Waals surface area (Å²) in [5.41, 5.74) is 0.660. The number of thiazole rings is 1. The van der Waals surface area contributed by atoms with E-state index in [1.54, 1.807) is 5.38 Å². The largest absolute Gasteiger partial charge is 0.469 e. The van der Waals surface area contributed by atoms with Crippen molar-refractivity contribution in [2.45, 2.75) is 6.42 Å². The molecule has 0 fully saturated rings. The third-order valence-corrected chi connectivity index (χ3v) is 3.68. The summed E-state index contributed by atoms with van der Waals surface area (Å²) in [4.78, 5) is 42.4. The number of rotatable bonds is 6. The van der Waals surface area contributed by atoms with Gasteiger partial charge in [-0.15, -0.1) is 11.3 Å². The molecule has 126 valence electrons. The van der Waals surface area contributed by atoms with Crippen molar-refractivity contribution in [3.8, 4) is 0 Å². The van der Waals surface area contributed by atoms with E-state index in [0.29, 0.717) is 10.8 Å². The predicted octanol–water partition coefficient (Wildman–Crippen LogP) is 1.70. The van der Waals surface area contributed by atoms with Crippen LogP contribution in [0, 0.1) is 0 Å². The molecule has 0 aliphatic heterocycles. The summed E-state index contributed by atoms with van der Waals surface area (Å²) < 4.78 is 9.39. The van der Waals surface area contributed by atoms with Gasteiger partial charge < -0.3 is 9.47 Å². The molecule has 0 saturated heterocycles. The van der Waals surface area contributed by atoms with Gasteiger partial charge in [-0.25, -0.2) is 14.8 Å². The molecule has 2 heterocycles. The summed E-state index contributed by atoms with van der Waals surface area (Å²) in [7, 11) is 1.28. The Labute approximate surface area is 145 Å². The van der Waals surface area contributed by atoms with Crippen molar-refractivity contribution < 1.29 is 23.9 Å². The number of nitrogens with one attached hydrogen (secondary N) is 1. The molecule has 1 N–H and O–H groups in total. The monoisotopic (exact) mass is 369 g/mol. The Morgan fingerprint density at radius 3 is 2.79 bits per heavy atom. The highest BCUT2D eigenvalue weighted by Gasteiger charge is 2.13. The predicted molar refractivity (Wildman–Crippen MR) is 86.0 cm³/mol. The number of halogens is 1. The SMILES string of the molecule is COC(=O)Cc1csc(NC(=O)COC(=O)c2ccc(Cl)nc2)n1. The molecule has 0 aromatic carbocycles. The van der Waals surface area contributed by atoms with Crippen LogP contribution < -0.4 is 5.32 Å². The first-order chi connectivity index (χ1) is 11.5. The van der Waals surface area contributed by atoms with E-state index < -0.39 is 24.5 Å². The van der Waals surface area contributed by atoms with Gasteiger partial charge in [-0.05, 0) is 12.1 Å². The van der Waals surface area contributed by atoms with Crippen LogP contribution in [0.5, 0.6) is 0 Å². The van der Waals surface area contributed by atoms with Crippen LogP contribution in [-0.4, -0.2) is 41.5 Å². The lowest BCUT2D eigenvalue weighted by molar-refractivity contribution is -0.139. The summed E-state index contributed by atoms with van der Waals surface area (Å²) >= 11 is 6.76. The van der Waals surface area contributed by atoms with E-state index in [-0.39, 0.29) is 17.1 Å². The third kappa shape index (κ3) is 5.28. The zero-order valence-corrected chi connectivity index (χ0v) is 14.0. The second-order valence-electron chi connectivity index (χ2n) is 4.39. The lowest BCUT2D eigenvalue weighted by Gasteiger charge is -2.04. The number of anilines is 1. The minimum absolute atomic E-state index is 0.0153. The molecule has 2 aromatic heterocycles. The molecule has 1 amide bonds. The fraction of sp³-hybridized carbons (Fsp3) is 0.214. The van der Waals surface area contributed by atoms with Crippen LogP contribution in [0.4, 0.5) is 5.13 Å². The van der Waals surface area contributed by atoms with E-state index in [1.807, 2.05) is 0 Å². The number of hydrogen-bond donors (Lipinski definition) is 1. The van der Waals surface area contributed by atoms with E-state index in [4.69, 9.17) is 16.3 Å². The van der Waals surface area contributed by atoms with E-state index >= 15 is 0 Å². The standard InChI is InChI=1S/C14H12ClN3O5S/c1-22-12(20)4-9-7-24-14(17-9)18-11(19)6-23-13(21)8-2-3-10(15)16-5-8/h2-3,5,7H,4,6H2,1H3,(H,17,18,19). The minimum Gasteiger partial charge on any atom is -0.469 e.